The van der Waals surface area contributed by atoms with E-state index >= 15 is 0 Å². The van der Waals surface area contributed by atoms with E-state index in [4.69, 9.17) is 9.47 Å². The van der Waals surface area contributed by atoms with Crippen LogP contribution in [0.25, 0.3) is 0 Å². The Balaban J connectivity index is -0.000000456. The van der Waals surface area contributed by atoms with E-state index in [0.29, 0.717) is 6.10 Å². The summed E-state index contributed by atoms with van der Waals surface area (Å²) in [4.78, 5) is 10.1. The van der Waals surface area contributed by atoms with Crippen LogP contribution in [0.4, 0.5) is 0 Å². The smallest absolute Gasteiger partial charge is 0.0704 e. The van der Waals surface area contributed by atoms with Crippen LogP contribution < -0.4 is 0 Å². The summed E-state index contributed by atoms with van der Waals surface area (Å²) in [6.07, 6.45) is 4.10. The van der Waals surface area contributed by atoms with E-state index in [-0.39, 0.29) is 0 Å². The summed E-state index contributed by atoms with van der Waals surface area (Å²) in [7, 11) is 3.93. The lowest BCUT2D eigenvalue weighted by Gasteiger charge is -2.47. The Morgan fingerprint density at radius 3 is 1.63 bits per heavy atom. The van der Waals surface area contributed by atoms with Crippen LogP contribution in [0.15, 0.2) is 0 Å². The first-order valence-corrected chi connectivity index (χ1v) is 15.1. The third-order valence-electron chi connectivity index (χ3n) is 6.15. The van der Waals surface area contributed by atoms with Crippen molar-refractivity contribution >= 4 is 0 Å². The first kappa shape index (κ1) is 39.3. The van der Waals surface area contributed by atoms with Crippen LogP contribution in [-0.4, -0.2) is 125 Å². The maximum Gasteiger partial charge on any atom is 0.0704 e. The molecular formula is C29H68N4O2. The Labute approximate surface area is 222 Å². The lowest BCUT2D eigenvalue weighted by atomic mass is 10.1. The molecule has 0 aromatic carbocycles. The molecule has 0 saturated carbocycles. The van der Waals surface area contributed by atoms with Crippen molar-refractivity contribution in [2.75, 3.05) is 92.8 Å². The summed E-state index contributed by atoms with van der Waals surface area (Å²) in [5.41, 5.74) is 0. The number of methoxy groups -OCH3 is 1. The second kappa shape index (κ2) is 30.0. The molecule has 3 saturated heterocycles. The molecule has 3 aliphatic rings. The molecular weight excluding hydrogens is 436 g/mol. The van der Waals surface area contributed by atoms with Crippen molar-refractivity contribution in [3.8, 4) is 0 Å². The van der Waals surface area contributed by atoms with Gasteiger partial charge in [0.1, 0.15) is 0 Å². The van der Waals surface area contributed by atoms with E-state index in [1.165, 1.54) is 84.7 Å². The van der Waals surface area contributed by atoms with Crippen molar-refractivity contribution in [1.82, 2.24) is 19.6 Å². The van der Waals surface area contributed by atoms with Crippen LogP contribution in [-0.2, 0) is 9.47 Å². The number of hydrogen-bond acceptors (Lipinski definition) is 6. The van der Waals surface area contributed by atoms with Gasteiger partial charge in [0, 0.05) is 65.5 Å². The molecule has 0 aromatic heterocycles. The molecule has 0 atom stereocenters. The minimum atomic E-state index is 0.471. The van der Waals surface area contributed by atoms with Crippen molar-refractivity contribution in [3.05, 3.63) is 0 Å². The molecule has 0 aromatic rings. The maximum atomic E-state index is 5.70. The summed E-state index contributed by atoms with van der Waals surface area (Å²) in [6, 6.07) is 0.869. The van der Waals surface area contributed by atoms with Gasteiger partial charge in [-0.2, -0.15) is 0 Å². The fourth-order valence-electron chi connectivity index (χ4n) is 4.13. The normalized spacial score (nSPS) is 19.5. The van der Waals surface area contributed by atoms with Crippen molar-refractivity contribution in [3.63, 3.8) is 0 Å². The maximum absolute atomic E-state index is 5.70. The molecule has 0 amide bonds. The van der Waals surface area contributed by atoms with E-state index in [0.717, 1.165) is 19.3 Å². The number of rotatable bonds is 8. The molecule has 216 valence electrons. The summed E-state index contributed by atoms with van der Waals surface area (Å²) in [5, 5.41) is 0. The van der Waals surface area contributed by atoms with Crippen LogP contribution in [0, 0.1) is 0 Å². The van der Waals surface area contributed by atoms with Gasteiger partial charge in [0.05, 0.1) is 19.3 Å². The lowest BCUT2D eigenvalue weighted by molar-refractivity contribution is -0.0145. The highest BCUT2D eigenvalue weighted by Gasteiger charge is 2.31. The van der Waals surface area contributed by atoms with Gasteiger partial charge < -0.3 is 24.2 Å². The van der Waals surface area contributed by atoms with E-state index in [2.05, 4.69) is 40.5 Å². The zero-order chi connectivity index (χ0) is 27.5. The number of ether oxygens (including phenoxy) is 2. The van der Waals surface area contributed by atoms with Crippen molar-refractivity contribution in [2.24, 2.45) is 0 Å². The summed E-state index contributed by atoms with van der Waals surface area (Å²) < 4.78 is 10.7. The fourth-order valence-corrected chi connectivity index (χ4v) is 4.13. The fraction of sp³-hybridized carbons (Fsp3) is 1.00. The molecule has 3 aliphatic heterocycles. The predicted octanol–water partition coefficient (Wildman–Crippen LogP) is 5.57. The highest BCUT2D eigenvalue weighted by atomic mass is 16.5. The predicted molar refractivity (Wildman–Crippen MR) is 158 cm³/mol. The second-order valence-corrected chi connectivity index (χ2v) is 8.25. The monoisotopic (exact) mass is 505 g/mol. The van der Waals surface area contributed by atoms with Gasteiger partial charge in [0.25, 0.3) is 0 Å². The Hall–Kier alpha value is -0.240. The van der Waals surface area contributed by atoms with Crippen molar-refractivity contribution in [1.29, 1.82) is 0 Å². The van der Waals surface area contributed by atoms with Gasteiger partial charge in [-0.3, -0.25) is 4.90 Å². The third-order valence-corrected chi connectivity index (χ3v) is 6.15. The quantitative estimate of drug-likeness (QED) is 0.402. The average Bonchev–Trinajstić information content (AvgIpc) is 2.91. The SMILES string of the molecule is CC.CC.CC.CC.CCCN1CCC(OCCOC)CC1.CCN1CC(N2CCN(C)CC2)C1. The number of piperazine rings is 1. The van der Waals surface area contributed by atoms with Crippen LogP contribution >= 0.6 is 0 Å². The molecule has 3 fully saturated rings. The topological polar surface area (TPSA) is 31.4 Å². The Morgan fingerprint density at radius 1 is 0.686 bits per heavy atom. The van der Waals surface area contributed by atoms with Gasteiger partial charge in [0.15, 0.2) is 0 Å². The van der Waals surface area contributed by atoms with E-state index in [1.807, 2.05) is 55.4 Å². The molecule has 35 heavy (non-hydrogen) atoms. The molecule has 6 heteroatoms. The molecule has 0 unspecified atom stereocenters. The number of likely N-dealkylation sites (tertiary alicyclic amines) is 2. The van der Waals surface area contributed by atoms with Crippen LogP contribution in [0.3, 0.4) is 0 Å². The highest BCUT2D eigenvalue weighted by molar-refractivity contribution is 4.89. The van der Waals surface area contributed by atoms with Gasteiger partial charge in [-0.1, -0.05) is 69.2 Å². The molecule has 3 heterocycles. The first-order chi connectivity index (χ1) is 17.2. The number of hydrogen-bond donors (Lipinski definition) is 0. The molecule has 0 bridgehead atoms. The van der Waals surface area contributed by atoms with Gasteiger partial charge in [-0.15, -0.1) is 0 Å². The summed E-state index contributed by atoms with van der Waals surface area (Å²) >= 11 is 0. The molecule has 0 spiro atoms. The number of likely N-dealkylation sites (N-methyl/N-ethyl adjacent to an activating group) is 2. The second-order valence-electron chi connectivity index (χ2n) is 8.25. The highest BCUT2D eigenvalue weighted by Crippen LogP contribution is 2.16. The molecule has 3 rings (SSSR count). The van der Waals surface area contributed by atoms with E-state index in [1.54, 1.807) is 7.11 Å². The standard InChI is InChI=1S/C11H23NO2.C10H21N3.4C2H6/c1-3-6-12-7-4-11(5-8-12)14-10-9-13-2;1-3-12-8-10(9-12)13-6-4-11(2)5-7-13;4*1-2/h11H,3-10H2,1-2H3;10H,3-9H2,1-2H3;4*1-2H3. The Morgan fingerprint density at radius 2 is 1.20 bits per heavy atom. The molecule has 6 nitrogen and oxygen atoms in total. The minimum Gasteiger partial charge on any atom is -0.382 e. The molecule has 0 aliphatic carbocycles. The Bertz CT molecular complexity index is 366. The third kappa shape index (κ3) is 19.5. The van der Waals surface area contributed by atoms with Gasteiger partial charge in [-0.25, -0.2) is 0 Å². The van der Waals surface area contributed by atoms with E-state index < -0.39 is 0 Å². The van der Waals surface area contributed by atoms with Crippen LogP contribution in [0.5, 0.6) is 0 Å². The summed E-state index contributed by atoms with van der Waals surface area (Å²) in [6.45, 7) is 34.5. The number of nitrogens with zero attached hydrogens (tertiary/aromatic N) is 4. The van der Waals surface area contributed by atoms with Gasteiger partial charge in [-0.05, 0) is 39.4 Å². The van der Waals surface area contributed by atoms with Crippen molar-refractivity contribution in [2.45, 2.75) is 101 Å². The van der Waals surface area contributed by atoms with Crippen LogP contribution in [0.2, 0.25) is 0 Å². The van der Waals surface area contributed by atoms with E-state index in [9.17, 15) is 0 Å². The zero-order valence-electron chi connectivity index (χ0n) is 26.4. The lowest BCUT2D eigenvalue weighted by Crippen LogP contribution is -2.62. The van der Waals surface area contributed by atoms with Crippen LogP contribution in [0.1, 0.15) is 88.5 Å². The van der Waals surface area contributed by atoms with Gasteiger partial charge >= 0.3 is 0 Å². The average molecular weight is 505 g/mol. The Kier molecular flexibility index (Phi) is 33.7. The minimum absolute atomic E-state index is 0.471. The summed E-state index contributed by atoms with van der Waals surface area (Å²) in [5.74, 6) is 0. The van der Waals surface area contributed by atoms with Gasteiger partial charge in [0.2, 0.25) is 0 Å². The number of piperidine rings is 1. The first-order valence-electron chi connectivity index (χ1n) is 15.1. The molecule has 0 N–H and O–H groups in total. The zero-order valence-corrected chi connectivity index (χ0v) is 26.4. The van der Waals surface area contributed by atoms with Crippen molar-refractivity contribution < 1.29 is 9.47 Å². The largest absolute Gasteiger partial charge is 0.382 e. The molecule has 0 radical (unpaired) electrons.